The third kappa shape index (κ3) is 5.70. The van der Waals surface area contributed by atoms with Crippen molar-refractivity contribution in [3.05, 3.63) is 23.8 Å². The van der Waals surface area contributed by atoms with E-state index in [4.69, 9.17) is 4.84 Å². The van der Waals surface area contributed by atoms with E-state index in [0.29, 0.717) is 30.1 Å². The van der Waals surface area contributed by atoms with Crippen LogP contribution < -0.4 is 9.80 Å². The van der Waals surface area contributed by atoms with Crippen molar-refractivity contribution in [2.75, 3.05) is 75.8 Å². The summed E-state index contributed by atoms with van der Waals surface area (Å²) in [7, 11) is 1.78. The van der Waals surface area contributed by atoms with Gasteiger partial charge >= 0.3 is 0 Å². The molecule has 35 heavy (non-hydrogen) atoms. The molecule has 0 bridgehead atoms. The summed E-state index contributed by atoms with van der Waals surface area (Å²) in [5.74, 6) is 1.04. The summed E-state index contributed by atoms with van der Waals surface area (Å²) >= 11 is 0. The van der Waals surface area contributed by atoms with E-state index < -0.39 is 0 Å². The molecular formula is C29H46N4O2. The Morgan fingerprint density at radius 3 is 2.20 bits per heavy atom. The van der Waals surface area contributed by atoms with E-state index >= 15 is 0 Å². The molecule has 4 fully saturated rings. The van der Waals surface area contributed by atoms with Crippen LogP contribution in [0.25, 0.3) is 0 Å². The van der Waals surface area contributed by atoms with Crippen molar-refractivity contribution in [3.63, 3.8) is 0 Å². The Kier molecular flexibility index (Phi) is 8.00. The highest BCUT2D eigenvalue weighted by Crippen LogP contribution is 2.53. The first-order chi connectivity index (χ1) is 17.1. The number of piperazine rings is 2. The van der Waals surface area contributed by atoms with Crippen LogP contribution in [0.2, 0.25) is 0 Å². The Bertz CT molecular complexity index is 842. The van der Waals surface area contributed by atoms with Crippen LogP contribution in [0.1, 0.15) is 76.2 Å². The fourth-order valence-corrected chi connectivity index (χ4v) is 7.16. The fourth-order valence-electron chi connectivity index (χ4n) is 7.16. The molecule has 2 aliphatic heterocycles. The van der Waals surface area contributed by atoms with Gasteiger partial charge in [-0.2, -0.15) is 5.06 Å². The summed E-state index contributed by atoms with van der Waals surface area (Å²) in [4.78, 5) is 24.9. The van der Waals surface area contributed by atoms with Crippen molar-refractivity contribution in [2.24, 2.45) is 5.41 Å². The van der Waals surface area contributed by atoms with Gasteiger partial charge in [0.2, 0.25) is 0 Å². The molecule has 2 aliphatic carbocycles. The van der Waals surface area contributed by atoms with Crippen molar-refractivity contribution in [3.8, 4) is 0 Å². The molecule has 0 amide bonds. The van der Waals surface area contributed by atoms with Gasteiger partial charge in [0.15, 0.2) is 0 Å². The van der Waals surface area contributed by atoms with E-state index in [0.717, 1.165) is 52.4 Å². The number of rotatable bonds is 7. The van der Waals surface area contributed by atoms with Crippen LogP contribution in [0.5, 0.6) is 0 Å². The van der Waals surface area contributed by atoms with Gasteiger partial charge in [-0.1, -0.05) is 19.8 Å². The molecular weight excluding hydrogens is 436 g/mol. The number of ketones is 1. The van der Waals surface area contributed by atoms with Crippen LogP contribution in [-0.2, 0) is 9.63 Å². The van der Waals surface area contributed by atoms with Gasteiger partial charge in [-0.3, -0.25) is 9.69 Å². The maximum absolute atomic E-state index is 12.0. The molecule has 5 rings (SSSR count). The molecule has 0 N–H and O–H groups in total. The van der Waals surface area contributed by atoms with Crippen LogP contribution in [0.3, 0.4) is 0 Å². The maximum Gasteiger partial charge on any atom is 0.146 e. The largest absolute Gasteiger partial charge is 0.369 e. The zero-order valence-electron chi connectivity index (χ0n) is 22.1. The van der Waals surface area contributed by atoms with Gasteiger partial charge in [-0.05, 0) is 73.6 Å². The second-order valence-corrected chi connectivity index (χ2v) is 11.5. The molecule has 1 aromatic rings. The Morgan fingerprint density at radius 1 is 0.914 bits per heavy atom. The zero-order valence-corrected chi connectivity index (χ0v) is 22.1. The third-order valence-corrected chi connectivity index (χ3v) is 9.53. The van der Waals surface area contributed by atoms with Crippen molar-refractivity contribution in [1.29, 1.82) is 0 Å². The predicted octanol–water partition coefficient (Wildman–Crippen LogP) is 4.69. The number of hydroxylamine groups is 2. The second-order valence-electron chi connectivity index (χ2n) is 11.5. The molecule has 6 heteroatoms. The monoisotopic (exact) mass is 482 g/mol. The Labute approximate surface area is 212 Å². The first-order valence-corrected chi connectivity index (χ1v) is 14.3. The first kappa shape index (κ1) is 25.0. The Balaban J connectivity index is 1.33. The molecule has 0 radical (unpaired) electrons. The number of Topliss-reactive ketones (excluding diaryl/α,β-unsaturated/α-hetero) is 1. The molecule has 0 atom stereocenters. The summed E-state index contributed by atoms with van der Waals surface area (Å²) in [6, 6.07) is 7.32. The standard InChI is InChI=1S/C29H46N4O2/c1-3-26(34)23-30-14-16-32(17-15-30)28-7-6-25(31-18-20-33(35-2)21-19-31)22-27(28)24-8-12-29(13-9-24)10-4-5-11-29/h6-7,22,24H,3-5,8-21,23H2,1-2H3. The molecule has 0 unspecified atom stereocenters. The summed E-state index contributed by atoms with van der Waals surface area (Å²) in [6.45, 7) is 10.6. The van der Waals surface area contributed by atoms with Crippen LogP contribution in [-0.4, -0.2) is 81.8 Å². The SMILES string of the molecule is CCC(=O)CN1CCN(c2ccc(N3CCN(OC)CC3)cc2C2CCC3(CCCC3)CC2)CC1. The quantitative estimate of drug-likeness (QED) is 0.562. The van der Waals surface area contributed by atoms with Crippen molar-refractivity contribution in [1.82, 2.24) is 9.96 Å². The number of anilines is 2. The summed E-state index contributed by atoms with van der Waals surface area (Å²) < 4.78 is 0. The predicted molar refractivity (Wildman–Crippen MR) is 143 cm³/mol. The molecule has 2 saturated carbocycles. The first-order valence-electron chi connectivity index (χ1n) is 14.3. The summed E-state index contributed by atoms with van der Waals surface area (Å²) in [5, 5.41) is 2.07. The minimum atomic E-state index is 0.361. The van der Waals surface area contributed by atoms with Gasteiger partial charge in [0.1, 0.15) is 5.78 Å². The molecule has 1 spiro atoms. The number of carbonyl (C=O) groups excluding carboxylic acids is 1. The fraction of sp³-hybridized carbons (Fsp3) is 0.759. The average molecular weight is 483 g/mol. The molecule has 4 aliphatic rings. The van der Waals surface area contributed by atoms with Gasteiger partial charge in [0.25, 0.3) is 0 Å². The minimum absolute atomic E-state index is 0.361. The number of hydrogen-bond donors (Lipinski definition) is 0. The maximum atomic E-state index is 12.0. The molecule has 2 saturated heterocycles. The van der Waals surface area contributed by atoms with Gasteiger partial charge < -0.3 is 14.6 Å². The van der Waals surface area contributed by atoms with Crippen LogP contribution in [0.4, 0.5) is 11.4 Å². The van der Waals surface area contributed by atoms with Gasteiger partial charge in [-0.15, -0.1) is 0 Å². The Hall–Kier alpha value is -1.63. The highest BCUT2D eigenvalue weighted by molar-refractivity contribution is 5.80. The average Bonchev–Trinajstić information content (AvgIpc) is 3.37. The van der Waals surface area contributed by atoms with E-state index in [1.807, 2.05) is 6.92 Å². The highest BCUT2D eigenvalue weighted by Gasteiger charge is 2.38. The summed E-state index contributed by atoms with van der Waals surface area (Å²) in [6.07, 6.45) is 12.0. The van der Waals surface area contributed by atoms with E-state index in [-0.39, 0.29) is 0 Å². The number of nitrogens with zero attached hydrogens (tertiary/aromatic N) is 4. The normalized spacial score (nSPS) is 24.4. The van der Waals surface area contributed by atoms with Gasteiger partial charge in [0, 0.05) is 70.2 Å². The zero-order chi connectivity index (χ0) is 24.3. The number of benzene rings is 1. The lowest BCUT2D eigenvalue weighted by molar-refractivity contribution is -0.133. The van der Waals surface area contributed by atoms with E-state index in [2.05, 4.69) is 38.0 Å². The van der Waals surface area contributed by atoms with Crippen molar-refractivity contribution >= 4 is 17.2 Å². The topological polar surface area (TPSA) is 39.3 Å². The third-order valence-electron chi connectivity index (χ3n) is 9.53. The highest BCUT2D eigenvalue weighted by atomic mass is 16.7. The molecule has 2 heterocycles. The van der Waals surface area contributed by atoms with Gasteiger partial charge in [0.05, 0.1) is 13.7 Å². The lowest BCUT2D eigenvalue weighted by Crippen LogP contribution is -2.48. The molecule has 6 nitrogen and oxygen atoms in total. The lowest BCUT2D eigenvalue weighted by atomic mass is 9.68. The molecule has 1 aromatic carbocycles. The second kappa shape index (κ2) is 11.2. The molecule has 194 valence electrons. The van der Waals surface area contributed by atoms with Crippen LogP contribution in [0.15, 0.2) is 18.2 Å². The minimum Gasteiger partial charge on any atom is -0.369 e. The summed E-state index contributed by atoms with van der Waals surface area (Å²) in [5.41, 5.74) is 5.09. The van der Waals surface area contributed by atoms with Crippen molar-refractivity contribution < 1.29 is 9.63 Å². The van der Waals surface area contributed by atoms with Crippen LogP contribution in [0, 0.1) is 5.41 Å². The number of hydrogen-bond acceptors (Lipinski definition) is 6. The number of carbonyl (C=O) groups is 1. The lowest BCUT2D eigenvalue weighted by Gasteiger charge is -2.41. The van der Waals surface area contributed by atoms with E-state index in [1.54, 1.807) is 12.7 Å². The van der Waals surface area contributed by atoms with Crippen LogP contribution >= 0.6 is 0 Å². The molecule has 0 aromatic heterocycles. The van der Waals surface area contributed by atoms with Crippen molar-refractivity contribution in [2.45, 2.75) is 70.6 Å². The van der Waals surface area contributed by atoms with E-state index in [9.17, 15) is 4.79 Å². The smallest absolute Gasteiger partial charge is 0.146 e. The Morgan fingerprint density at radius 2 is 1.57 bits per heavy atom. The van der Waals surface area contributed by atoms with E-state index in [1.165, 1.54) is 62.7 Å². The van der Waals surface area contributed by atoms with Gasteiger partial charge in [-0.25, -0.2) is 0 Å².